The van der Waals surface area contributed by atoms with E-state index in [2.05, 4.69) is 21.2 Å². The number of nitrogens with zero attached hydrogens (tertiary/aromatic N) is 1. The van der Waals surface area contributed by atoms with E-state index >= 15 is 0 Å². The van der Waals surface area contributed by atoms with Crippen molar-refractivity contribution in [2.75, 3.05) is 13.2 Å². The lowest BCUT2D eigenvalue weighted by molar-refractivity contribution is -0.143. The van der Waals surface area contributed by atoms with Crippen molar-refractivity contribution in [3.8, 4) is 5.75 Å². The molecular weight excluding hydrogens is 468 g/mol. The van der Waals surface area contributed by atoms with Gasteiger partial charge in [-0.3, -0.25) is 9.59 Å². The fraction of sp³-hybridized carbons (Fsp3) is 0.462. The van der Waals surface area contributed by atoms with Crippen LogP contribution in [0.3, 0.4) is 0 Å². The predicted molar refractivity (Wildman–Crippen MR) is 133 cm³/mol. The molecule has 5 nitrogen and oxygen atoms in total. The maximum absolute atomic E-state index is 13.3. The molecule has 0 heterocycles. The Kier molecular flexibility index (Phi) is 9.76. The Morgan fingerprint density at radius 3 is 2.19 bits per heavy atom. The number of aryl methyl sites for hydroxylation is 3. The Morgan fingerprint density at radius 2 is 1.66 bits per heavy atom. The van der Waals surface area contributed by atoms with Gasteiger partial charge in [0.15, 0.2) is 6.61 Å². The Hall–Kier alpha value is -2.34. The summed E-state index contributed by atoms with van der Waals surface area (Å²) in [5.74, 6) is 0.640. The van der Waals surface area contributed by atoms with Crippen molar-refractivity contribution in [3.63, 3.8) is 0 Å². The van der Waals surface area contributed by atoms with Crippen LogP contribution in [-0.2, 0) is 16.1 Å². The number of rotatable bonds is 10. The first kappa shape index (κ1) is 25.9. The fourth-order valence-corrected chi connectivity index (χ4v) is 3.68. The monoisotopic (exact) mass is 502 g/mol. The van der Waals surface area contributed by atoms with Crippen LogP contribution in [0.4, 0.5) is 0 Å². The smallest absolute Gasteiger partial charge is 0.261 e. The third kappa shape index (κ3) is 7.37. The van der Waals surface area contributed by atoms with Gasteiger partial charge in [0.1, 0.15) is 11.8 Å². The van der Waals surface area contributed by atoms with Crippen molar-refractivity contribution < 1.29 is 14.3 Å². The van der Waals surface area contributed by atoms with Crippen LogP contribution in [0.5, 0.6) is 5.75 Å². The van der Waals surface area contributed by atoms with Crippen molar-refractivity contribution in [2.45, 2.75) is 60.5 Å². The summed E-state index contributed by atoms with van der Waals surface area (Å²) >= 11 is 3.55. The zero-order chi connectivity index (χ0) is 23.8. The first-order valence-corrected chi connectivity index (χ1v) is 11.9. The van der Waals surface area contributed by atoms with Gasteiger partial charge in [-0.2, -0.15) is 0 Å². The normalized spacial score (nSPS) is 11.9. The van der Waals surface area contributed by atoms with E-state index in [1.54, 1.807) is 4.90 Å². The molecule has 6 heteroatoms. The van der Waals surface area contributed by atoms with E-state index in [1.165, 1.54) is 0 Å². The van der Waals surface area contributed by atoms with E-state index < -0.39 is 6.04 Å². The fourth-order valence-electron chi connectivity index (χ4n) is 3.45. The van der Waals surface area contributed by atoms with Crippen LogP contribution >= 0.6 is 15.9 Å². The van der Waals surface area contributed by atoms with Crippen LogP contribution in [0.15, 0.2) is 40.9 Å². The first-order valence-electron chi connectivity index (χ1n) is 11.1. The summed E-state index contributed by atoms with van der Waals surface area (Å²) in [6.07, 6.45) is 0.526. The SMILES string of the molecule is CC[C@H](C(=O)NCC(C)C)N(Cc1ccc(C)cc1)C(=O)COc1cc(C)c(Br)c(C)c1. The van der Waals surface area contributed by atoms with Crippen LogP contribution in [0.25, 0.3) is 0 Å². The highest BCUT2D eigenvalue weighted by molar-refractivity contribution is 9.10. The van der Waals surface area contributed by atoms with Gasteiger partial charge in [0, 0.05) is 17.6 Å². The number of ether oxygens (including phenoxy) is 1. The van der Waals surface area contributed by atoms with Gasteiger partial charge in [0.05, 0.1) is 0 Å². The van der Waals surface area contributed by atoms with Crippen molar-refractivity contribution >= 4 is 27.7 Å². The molecule has 0 saturated heterocycles. The Labute approximate surface area is 200 Å². The van der Waals surface area contributed by atoms with Crippen molar-refractivity contribution in [2.24, 2.45) is 5.92 Å². The second kappa shape index (κ2) is 12.0. The number of halogens is 1. The Balaban J connectivity index is 2.22. The van der Waals surface area contributed by atoms with Crippen molar-refractivity contribution in [1.29, 1.82) is 0 Å². The largest absolute Gasteiger partial charge is 0.484 e. The van der Waals surface area contributed by atoms with Gasteiger partial charge < -0.3 is 15.0 Å². The summed E-state index contributed by atoms with van der Waals surface area (Å²) in [5, 5.41) is 2.98. The maximum Gasteiger partial charge on any atom is 0.261 e. The van der Waals surface area contributed by atoms with Crippen LogP contribution in [0.1, 0.15) is 49.4 Å². The number of hydrogen-bond donors (Lipinski definition) is 1. The number of hydrogen-bond acceptors (Lipinski definition) is 3. The molecule has 0 radical (unpaired) electrons. The van der Waals surface area contributed by atoms with E-state index in [0.717, 1.165) is 26.7 Å². The predicted octanol–water partition coefficient (Wildman–Crippen LogP) is 5.33. The summed E-state index contributed by atoms with van der Waals surface area (Å²) in [6.45, 7) is 12.8. The minimum Gasteiger partial charge on any atom is -0.484 e. The summed E-state index contributed by atoms with van der Waals surface area (Å²) in [5.41, 5.74) is 4.22. The first-order chi connectivity index (χ1) is 15.1. The van der Waals surface area contributed by atoms with Gasteiger partial charge in [-0.15, -0.1) is 0 Å². The average Bonchev–Trinajstić information content (AvgIpc) is 2.75. The van der Waals surface area contributed by atoms with Crippen LogP contribution in [0, 0.1) is 26.7 Å². The number of amides is 2. The van der Waals surface area contributed by atoms with Gasteiger partial charge >= 0.3 is 0 Å². The quantitative estimate of drug-likeness (QED) is 0.477. The molecule has 1 atom stereocenters. The molecule has 0 aliphatic rings. The van der Waals surface area contributed by atoms with Crippen LogP contribution in [0.2, 0.25) is 0 Å². The molecule has 0 unspecified atom stereocenters. The molecule has 0 bridgehead atoms. The molecule has 0 fully saturated rings. The van der Waals surface area contributed by atoms with E-state index in [0.29, 0.717) is 31.2 Å². The zero-order valence-corrected chi connectivity index (χ0v) is 21.6. The van der Waals surface area contributed by atoms with Gasteiger partial charge in [-0.25, -0.2) is 0 Å². The standard InChI is InChI=1S/C26H35BrN2O3/c1-7-23(26(31)28-14-17(2)3)29(15-21-10-8-18(4)9-11-21)24(30)16-32-22-12-19(5)25(27)20(6)13-22/h8-13,17,23H,7,14-16H2,1-6H3,(H,28,31)/t23-/m1/s1. The topological polar surface area (TPSA) is 58.6 Å². The minimum atomic E-state index is -0.556. The molecule has 0 spiro atoms. The molecular formula is C26H35BrN2O3. The highest BCUT2D eigenvalue weighted by atomic mass is 79.9. The van der Waals surface area contributed by atoms with Crippen molar-refractivity contribution in [3.05, 3.63) is 63.1 Å². The molecule has 1 N–H and O–H groups in total. The third-order valence-corrected chi connectivity index (χ3v) is 6.57. The summed E-state index contributed by atoms with van der Waals surface area (Å²) in [6, 6.07) is 11.3. The highest BCUT2D eigenvalue weighted by Gasteiger charge is 2.29. The average molecular weight is 503 g/mol. The number of benzene rings is 2. The summed E-state index contributed by atoms with van der Waals surface area (Å²) in [4.78, 5) is 27.8. The van der Waals surface area contributed by atoms with E-state index in [4.69, 9.17) is 4.74 Å². The molecule has 32 heavy (non-hydrogen) atoms. The van der Waals surface area contributed by atoms with Crippen molar-refractivity contribution in [1.82, 2.24) is 10.2 Å². The Bertz CT molecular complexity index is 902. The third-order valence-electron chi connectivity index (χ3n) is 5.32. The lowest BCUT2D eigenvalue weighted by Gasteiger charge is -2.31. The van der Waals surface area contributed by atoms with E-state index in [1.807, 2.05) is 77.9 Å². The molecule has 174 valence electrons. The summed E-state index contributed by atoms with van der Waals surface area (Å²) in [7, 11) is 0. The molecule has 2 rings (SSSR count). The molecule has 2 aromatic carbocycles. The second-order valence-electron chi connectivity index (χ2n) is 8.73. The molecule has 0 aromatic heterocycles. The second-order valence-corrected chi connectivity index (χ2v) is 9.52. The summed E-state index contributed by atoms with van der Waals surface area (Å²) < 4.78 is 6.88. The van der Waals surface area contributed by atoms with E-state index in [9.17, 15) is 9.59 Å². The minimum absolute atomic E-state index is 0.125. The molecule has 0 saturated carbocycles. The molecule has 0 aliphatic carbocycles. The van der Waals surface area contributed by atoms with E-state index in [-0.39, 0.29) is 18.4 Å². The maximum atomic E-state index is 13.3. The van der Waals surface area contributed by atoms with Gasteiger partial charge in [-0.1, -0.05) is 66.5 Å². The van der Waals surface area contributed by atoms with Gasteiger partial charge in [-0.05, 0) is 61.9 Å². The number of nitrogens with one attached hydrogen (secondary N) is 1. The Morgan fingerprint density at radius 1 is 1.06 bits per heavy atom. The zero-order valence-electron chi connectivity index (χ0n) is 20.0. The lowest BCUT2D eigenvalue weighted by Crippen LogP contribution is -2.50. The van der Waals surface area contributed by atoms with Gasteiger partial charge in [0.2, 0.25) is 5.91 Å². The number of carbonyl (C=O) groups excluding carboxylic acids is 2. The van der Waals surface area contributed by atoms with Gasteiger partial charge in [0.25, 0.3) is 5.91 Å². The van der Waals surface area contributed by atoms with Crippen LogP contribution < -0.4 is 10.1 Å². The number of carbonyl (C=O) groups is 2. The molecule has 2 aromatic rings. The molecule has 2 amide bonds. The van der Waals surface area contributed by atoms with Crippen LogP contribution in [-0.4, -0.2) is 35.9 Å². The highest BCUT2D eigenvalue weighted by Crippen LogP contribution is 2.26. The lowest BCUT2D eigenvalue weighted by atomic mass is 10.1. The molecule has 0 aliphatic heterocycles.